The molecule has 0 saturated carbocycles. The van der Waals surface area contributed by atoms with Gasteiger partial charge in [-0.2, -0.15) is 5.10 Å². The Balaban J connectivity index is 1.24. The smallest absolute Gasteiger partial charge is 0.306 e. The molecule has 1 aromatic heterocycles. The fourth-order valence-electron chi connectivity index (χ4n) is 5.40. The Hall–Kier alpha value is -3.39. The van der Waals surface area contributed by atoms with Crippen molar-refractivity contribution in [3.8, 4) is 11.5 Å². The molecule has 0 aliphatic carbocycles. The number of ether oxygens (including phenoxy) is 2. The minimum Gasteiger partial charge on any atom is -0.489 e. The lowest BCUT2D eigenvalue weighted by atomic mass is 10.0. The molecule has 0 amide bonds. The fraction of sp³-hybridized carbons (Fsp3) is 0.467. The van der Waals surface area contributed by atoms with Gasteiger partial charge in [0.15, 0.2) is 0 Å². The van der Waals surface area contributed by atoms with Crippen LogP contribution in [0.25, 0.3) is 17.0 Å². The van der Waals surface area contributed by atoms with Gasteiger partial charge >= 0.3 is 5.97 Å². The number of hydrogen-bond acceptors (Lipinski definition) is 5. The molecule has 38 heavy (non-hydrogen) atoms. The van der Waals surface area contributed by atoms with Crippen LogP contribution >= 0.6 is 0 Å². The van der Waals surface area contributed by atoms with Crippen molar-refractivity contribution < 1.29 is 23.8 Å². The molecular formula is C30H36FN3O4. The molecule has 5 rings (SSSR count). The summed E-state index contributed by atoms with van der Waals surface area (Å²) in [6.07, 6.45) is 4.06. The highest BCUT2D eigenvalue weighted by molar-refractivity contribution is 5.82. The highest BCUT2D eigenvalue weighted by Gasteiger charge is 2.24. The van der Waals surface area contributed by atoms with Gasteiger partial charge in [-0.1, -0.05) is 19.9 Å². The normalized spacial score (nSPS) is 18.1. The van der Waals surface area contributed by atoms with Gasteiger partial charge in [-0.05, 0) is 74.5 Å². The number of nitrogens with zero attached hydrogens (tertiary/aromatic N) is 3. The monoisotopic (exact) mass is 521 g/mol. The maximum atomic E-state index is 15.1. The van der Waals surface area contributed by atoms with Crippen LogP contribution in [-0.4, -0.2) is 52.0 Å². The molecule has 1 saturated heterocycles. The van der Waals surface area contributed by atoms with E-state index in [0.717, 1.165) is 53.8 Å². The largest absolute Gasteiger partial charge is 0.489 e. The third-order valence-corrected chi connectivity index (χ3v) is 7.37. The average molecular weight is 522 g/mol. The van der Waals surface area contributed by atoms with E-state index < -0.39 is 5.97 Å². The first kappa shape index (κ1) is 26.2. The van der Waals surface area contributed by atoms with E-state index in [1.807, 2.05) is 19.1 Å². The van der Waals surface area contributed by atoms with Crippen LogP contribution < -0.4 is 9.47 Å². The van der Waals surface area contributed by atoms with E-state index in [1.165, 1.54) is 6.07 Å². The van der Waals surface area contributed by atoms with Crippen LogP contribution in [0.3, 0.4) is 0 Å². The summed E-state index contributed by atoms with van der Waals surface area (Å²) in [5, 5.41) is 15.1. The third-order valence-electron chi connectivity index (χ3n) is 7.37. The summed E-state index contributed by atoms with van der Waals surface area (Å²) in [4.78, 5) is 13.6. The minimum atomic E-state index is -0.713. The first-order valence-corrected chi connectivity index (χ1v) is 13.5. The van der Waals surface area contributed by atoms with Gasteiger partial charge in [-0.25, -0.2) is 4.39 Å². The number of benzene rings is 2. The van der Waals surface area contributed by atoms with Gasteiger partial charge in [0, 0.05) is 30.6 Å². The Morgan fingerprint density at radius 2 is 2.08 bits per heavy atom. The van der Waals surface area contributed by atoms with Crippen molar-refractivity contribution in [1.82, 2.24) is 14.7 Å². The first-order chi connectivity index (χ1) is 18.3. The van der Waals surface area contributed by atoms with E-state index in [1.54, 1.807) is 6.07 Å². The molecule has 3 heterocycles. The number of aryl methyl sites for hydroxylation is 1. The molecule has 2 aliphatic heterocycles. The van der Waals surface area contributed by atoms with Crippen molar-refractivity contribution >= 4 is 22.9 Å². The summed E-state index contributed by atoms with van der Waals surface area (Å²) >= 11 is 0. The predicted molar refractivity (Wildman–Crippen MR) is 145 cm³/mol. The van der Waals surface area contributed by atoms with Gasteiger partial charge < -0.3 is 14.6 Å². The van der Waals surface area contributed by atoms with Crippen LogP contribution in [0.1, 0.15) is 49.9 Å². The van der Waals surface area contributed by atoms with Gasteiger partial charge in [0.2, 0.25) is 0 Å². The van der Waals surface area contributed by atoms with Crippen molar-refractivity contribution in [3.05, 3.63) is 58.5 Å². The van der Waals surface area contributed by atoms with Crippen LogP contribution in [0, 0.1) is 24.6 Å². The van der Waals surface area contributed by atoms with Gasteiger partial charge in [0.1, 0.15) is 30.5 Å². The molecule has 202 valence electrons. The summed E-state index contributed by atoms with van der Waals surface area (Å²) in [5.74, 6) is 0.0481. The fourth-order valence-corrected chi connectivity index (χ4v) is 5.40. The number of rotatable bonds is 8. The topological polar surface area (TPSA) is 76.8 Å². The Morgan fingerprint density at radius 3 is 2.87 bits per heavy atom. The second kappa shape index (κ2) is 11.2. The molecule has 7 nitrogen and oxygen atoms in total. The zero-order chi connectivity index (χ0) is 26.8. The lowest BCUT2D eigenvalue weighted by Gasteiger charge is -2.25. The SMILES string of the molecule is Cc1nn(CC(C)C)c2ccc(COc3cc(F)c4c(c3)OCC(CN3CCCC(C(=O)O)CC3)=C4)cc12. The Morgan fingerprint density at radius 1 is 1.24 bits per heavy atom. The van der Waals surface area contributed by atoms with Crippen LogP contribution in [0.5, 0.6) is 11.5 Å². The second-order valence-electron chi connectivity index (χ2n) is 11.0. The molecule has 0 bridgehead atoms. The maximum Gasteiger partial charge on any atom is 0.306 e. The third kappa shape index (κ3) is 5.85. The van der Waals surface area contributed by atoms with Gasteiger partial charge in [-0.3, -0.25) is 14.4 Å². The molecular weight excluding hydrogens is 485 g/mol. The number of likely N-dealkylation sites (tertiary alicyclic amines) is 1. The first-order valence-electron chi connectivity index (χ1n) is 13.5. The number of halogens is 1. The average Bonchev–Trinajstić information content (AvgIpc) is 3.03. The van der Waals surface area contributed by atoms with Crippen molar-refractivity contribution in [3.63, 3.8) is 0 Å². The Bertz CT molecular complexity index is 1360. The van der Waals surface area contributed by atoms with E-state index in [2.05, 4.69) is 40.7 Å². The molecule has 1 atom stereocenters. The Labute approximate surface area is 222 Å². The highest BCUT2D eigenvalue weighted by Crippen LogP contribution is 2.34. The lowest BCUT2D eigenvalue weighted by molar-refractivity contribution is -0.142. The van der Waals surface area contributed by atoms with Crippen LogP contribution in [0.15, 0.2) is 35.9 Å². The number of hydrogen-bond donors (Lipinski definition) is 1. The van der Waals surface area contributed by atoms with Crippen LogP contribution in [0.2, 0.25) is 0 Å². The van der Waals surface area contributed by atoms with Crippen molar-refractivity contribution in [2.75, 3.05) is 26.2 Å². The summed E-state index contributed by atoms with van der Waals surface area (Å²) in [7, 11) is 0. The highest BCUT2D eigenvalue weighted by atomic mass is 19.1. The molecule has 0 spiro atoms. The molecule has 0 radical (unpaired) electrons. The van der Waals surface area contributed by atoms with Gasteiger partial charge in [0.25, 0.3) is 0 Å². The van der Waals surface area contributed by atoms with E-state index in [9.17, 15) is 9.90 Å². The second-order valence-corrected chi connectivity index (χ2v) is 11.0. The number of aliphatic carboxylic acids is 1. The molecule has 2 aromatic carbocycles. The number of carboxylic acids is 1. The van der Waals surface area contributed by atoms with Crippen molar-refractivity contribution in [1.29, 1.82) is 0 Å². The van der Waals surface area contributed by atoms with E-state index >= 15 is 4.39 Å². The number of carboxylic acid groups (broad SMARTS) is 1. The summed E-state index contributed by atoms with van der Waals surface area (Å²) < 4.78 is 29.0. The molecule has 3 aromatic rings. The van der Waals surface area contributed by atoms with Crippen LogP contribution in [0.4, 0.5) is 4.39 Å². The van der Waals surface area contributed by atoms with Gasteiger partial charge in [-0.15, -0.1) is 0 Å². The van der Waals surface area contributed by atoms with Gasteiger partial charge in [0.05, 0.1) is 22.7 Å². The molecule has 1 N–H and O–H groups in total. The molecule has 1 unspecified atom stereocenters. The predicted octanol–water partition coefficient (Wildman–Crippen LogP) is 5.68. The molecule has 2 aliphatic rings. The minimum absolute atomic E-state index is 0.276. The van der Waals surface area contributed by atoms with Crippen molar-refractivity contribution in [2.24, 2.45) is 11.8 Å². The quantitative estimate of drug-likeness (QED) is 0.411. The summed E-state index contributed by atoms with van der Waals surface area (Å²) in [6.45, 7) is 10.1. The zero-order valence-electron chi connectivity index (χ0n) is 22.4. The van der Waals surface area contributed by atoms with Crippen molar-refractivity contribution in [2.45, 2.75) is 53.2 Å². The number of carbonyl (C=O) groups is 1. The number of aromatic nitrogens is 2. The van der Waals surface area contributed by atoms with E-state index in [0.29, 0.717) is 55.6 Å². The summed E-state index contributed by atoms with van der Waals surface area (Å²) in [6, 6.07) is 9.36. The maximum absolute atomic E-state index is 15.1. The van der Waals surface area contributed by atoms with E-state index in [4.69, 9.17) is 9.47 Å². The molecule has 8 heteroatoms. The lowest BCUT2D eigenvalue weighted by Crippen LogP contribution is -2.29. The Kier molecular flexibility index (Phi) is 7.70. The van der Waals surface area contributed by atoms with Crippen LogP contribution in [-0.2, 0) is 17.9 Å². The summed E-state index contributed by atoms with van der Waals surface area (Å²) in [5.41, 5.74) is 4.51. The molecule has 1 fully saturated rings. The van der Waals surface area contributed by atoms with E-state index in [-0.39, 0.29) is 11.7 Å². The number of fused-ring (bicyclic) bond motifs is 2. The standard InChI is InChI=1S/C30H36FN3O4/c1-19(2)15-34-28-7-6-21(11-25(28)20(3)32-34)17-37-24-13-27(31)26-12-22(18-38-29(26)14-24)16-33-9-4-5-23(8-10-33)30(35)36/h6-7,11-14,19,23H,4-5,8-10,15-18H2,1-3H3,(H,35,36). The zero-order valence-corrected chi connectivity index (χ0v) is 22.4.